The van der Waals surface area contributed by atoms with Gasteiger partial charge in [0.2, 0.25) is 5.95 Å². The third-order valence-corrected chi connectivity index (χ3v) is 3.82. The molecule has 0 aliphatic heterocycles. The maximum Gasteiger partial charge on any atom is 0.222 e. The smallest absolute Gasteiger partial charge is 0.222 e. The zero-order chi connectivity index (χ0) is 13.3. The van der Waals surface area contributed by atoms with E-state index in [1.165, 1.54) is 4.88 Å². The van der Waals surface area contributed by atoms with E-state index in [1.54, 1.807) is 11.3 Å². The molecule has 0 saturated heterocycles. The van der Waals surface area contributed by atoms with E-state index in [0.717, 1.165) is 22.2 Å². The number of anilines is 2. The van der Waals surface area contributed by atoms with Gasteiger partial charge in [0.1, 0.15) is 5.82 Å². The molecule has 2 aromatic rings. The van der Waals surface area contributed by atoms with Gasteiger partial charge >= 0.3 is 0 Å². The SMILES string of the molecule is Cc1cc(NC(C)c2sc(C)nc2C)nc(N)n1. The van der Waals surface area contributed by atoms with Crippen LogP contribution in [0, 0.1) is 20.8 Å². The van der Waals surface area contributed by atoms with Gasteiger partial charge < -0.3 is 11.1 Å². The summed E-state index contributed by atoms with van der Waals surface area (Å²) in [7, 11) is 0. The number of hydrogen-bond acceptors (Lipinski definition) is 6. The first-order valence-electron chi connectivity index (χ1n) is 5.77. The maximum absolute atomic E-state index is 5.64. The van der Waals surface area contributed by atoms with Crippen molar-refractivity contribution >= 4 is 23.1 Å². The first-order chi connectivity index (χ1) is 8.45. The third kappa shape index (κ3) is 2.76. The quantitative estimate of drug-likeness (QED) is 0.890. The average Bonchev–Trinajstić information content (AvgIpc) is 2.56. The molecule has 0 bridgehead atoms. The Morgan fingerprint density at radius 3 is 2.50 bits per heavy atom. The van der Waals surface area contributed by atoms with Gasteiger partial charge in [0.15, 0.2) is 0 Å². The molecule has 1 unspecified atom stereocenters. The Bertz CT molecular complexity index is 543. The summed E-state index contributed by atoms with van der Waals surface area (Å²) in [6, 6.07) is 2.04. The van der Waals surface area contributed by atoms with Crippen molar-refractivity contribution in [2.45, 2.75) is 33.7 Å². The van der Waals surface area contributed by atoms with E-state index in [-0.39, 0.29) is 6.04 Å². The standard InChI is InChI=1S/C12H17N5S/c1-6-5-10(17-12(13)14-6)16-8(3)11-7(2)15-9(4)18-11/h5,8H,1-4H3,(H3,13,14,16,17). The highest BCUT2D eigenvalue weighted by atomic mass is 32.1. The Kier molecular flexibility index (Phi) is 3.47. The first kappa shape index (κ1) is 12.8. The van der Waals surface area contributed by atoms with Crippen molar-refractivity contribution in [1.82, 2.24) is 15.0 Å². The lowest BCUT2D eigenvalue weighted by molar-refractivity contribution is 0.876. The summed E-state index contributed by atoms with van der Waals surface area (Å²) in [4.78, 5) is 13.9. The van der Waals surface area contributed by atoms with Gasteiger partial charge in [-0.05, 0) is 27.7 Å². The molecule has 18 heavy (non-hydrogen) atoms. The number of aryl methyl sites for hydroxylation is 3. The molecular weight excluding hydrogens is 246 g/mol. The predicted octanol–water partition coefficient (Wildman–Crippen LogP) is 2.61. The van der Waals surface area contributed by atoms with Gasteiger partial charge in [0.05, 0.1) is 16.7 Å². The van der Waals surface area contributed by atoms with Gasteiger partial charge in [0.25, 0.3) is 0 Å². The van der Waals surface area contributed by atoms with Gasteiger partial charge in [-0.3, -0.25) is 0 Å². The normalized spacial score (nSPS) is 12.4. The maximum atomic E-state index is 5.64. The van der Waals surface area contributed by atoms with Crippen molar-refractivity contribution in [2.75, 3.05) is 11.1 Å². The van der Waals surface area contributed by atoms with Crippen LogP contribution in [0.25, 0.3) is 0 Å². The number of thiazole rings is 1. The predicted molar refractivity (Wildman–Crippen MR) is 74.8 cm³/mol. The van der Waals surface area contributed by atoms with E-state index in [4.69, 9.17) is 5.73 Å². The number of nitrogens with zero attached hydrogens (tertiary/aromatic N) is 3. The number of nitrogen functional groups attached to an aromatic ring is 1. The summed E-state index contributed by atoms with van der Waals surface area (Å²) < 4.78 is 0. The van der Waals surface area contributed by atoms with Gasteiger partial charge in [0, 0.05) is 16.6 Å². The second-order valence-corrected chi connectivity index (χ2v) is 5.54. The molecule has 0 aliphatic rings. The molecule has 6 heteroatoms. The second kappa shape index (κ2) is 4.89. The van der Waals surface area contributed by atoms with Crippen molar-refractivity contribution in [1.29, 1.82) is 0 Å². The molecule has 0 saturated carbocycles. The van der Waals surface area contributed by atoms with Gasteiger partial charge in [-0.25, -0.2) is 9.97 Å². The van der Waals surface area contributed by atoms with E-state index in [2.05, 4.69) is 27.2 Å². The van der Waals surface area contributed by atoms with Gasteiger partial charge in [-0.15, -0.1) is 11.3 Å². The summed E-state index contributed by atoms with van der Waals surface area (Å²) in [5.74, 6) is 1.04. The highest BCUT2D eigenvalue weighted by Crippen LogP contribution is 2.27. The summed E-state index contributed by atoms with van der Waals surface area (Å²) in [5, 5.41) is 4.41. The minimum Gasteiger partial charge on any atom is -0.368 e. The minimum atomic E-state index is 0.157. The molecule has 0 amide bonds. The molecule has 0 aliphatic carbocycles. The Morgan fingerprint density at radius 2 is 1.94 bits per heavy atom. The van der Waals surface area contributed by atoms with Crippen molar-refractivity contribution in [3.8, 4) is 0 Å². The summed E-state index contributed by atoms with van der Waals surface area (Å²) >= 11 is 1.70. The fraction of sp³-hybridized carbons (Fsp3) is 0.417. The van der Waals surface area contributed by atoms with E-state index in [0.29, 0.717) is 5.95 Å². The lowest BCUT2D eigenvalue weighted by Gasteiger charge is -2.14. The van der Waals surface area contributed by atoms with Crippen LogP contribution in [-0.4, -0.2) is 15.0 Å². The largest absolute Gasteiger partial charge is 0.368 e. The molecule has 0 spiro atoms. The van der Waals surface area contributed by atoms with Crippen LogP contribution < -0.4 is 11.1 Å². The Labute approximate surface area is 111 Å². The topological polar surface area (TPSA) is 76.7 Å². The second-order valence-electron chi connectivity index (χ2n) is 4.30. The van der Waals surface area contributed by atoms with Crippen LogP contribution in [0.4, 0.5) is 11.8 Å². The molecule has 0 radical (unpaired) electrons. The lowest BCUT2D eigenvalue weighted by Crippen LogP contribution is -2.09. The summed E-state index contributed by atoms with van der Waals surface area (Å²) in [5.41, 5.74) is 7.56. The van der Waals surface area contributed by atoms with E-state index < -0.39 is 0 Å². The first-order valence-corrected chi connectivity index (χ1v) is 6.59. The molecule has 2 heterocycles. The van der Waals surface area contributed by atoms with E-state index >= 15 is 0 Å². The Morgan fingerprint density at radius 1 is 1.22 bits per heavy atom. The van der Waals surface area contributed by atoms with E-state index in [1.807, 2.05) is 26.8 Å². The van der Waals surface area contributed by atoms with Gasteiger partial charge in [-0.1, -0.05) is 0 Å². The lowest BCUT2D eigenvalue weighted by atomic mass is 10.2. The fourth-order valence-corrected chi connectivity index (χ4v) is 2.83. The van der Waals surface area contributed by atoms with Crippen molar-refractivity contribution in [3.05, 3.63) is 27.3 Å². The Balaban J connectivity index is 2.20. The number of aromatic nitrogens is 3. The molecule has 1 atom stereocenters. The third-order valence-electron chi connectivity index (χ3n) is 2.57. The molecule has 2 aromatic heterocycles. The zero-order valence-corrected chi connectivity index (χ0v) is 11.8. The fourth-order valence-electron chi connectivity index (χ4n) is 1.90. The Hall–Kier alpha value is -1.69. The highest BCUT2D eigenvalue weighted by Gasteiger charge is 2.13. The molecule has 3 N–H and O–H groups in total. The van der Waals surface area contributed by atoms with Crippen molar-refractivity contribution in [2.24, 2.45) is 0 Å². The molecule has 5 nitrogen and oxygen atoms in total. The van der Waals surface area contributed by atoms with Crippen LogP contribution in [0.1, 0.15) is 34.2 Å². The van der Waals surface area contributed by atoms with Crippen LogP contribution in [0.5, 0.6) is 0 Å². The zero-order valence-electron chi connectivity index (χ0n) is 11.0. The molecule has 0 fully saturated rings. The van der Waals surface area contributed by atoms with Crippen LogP contribution >= 0.6 is 11.3 Å². The number of nitrogens with one attached hydrogen (secondary N) is 1. The average molecular weight is 263 g/mol. The molecule has 96 valence electrons. The minimum absolute atomic E-state index is 0.157. The van der Waals surface area contributed by atoms with Gasteiger partial charge in [-0.2, -0.15) is 4.98 Å². The van der Waals surface area contributed by atoms with Crippen LogP contribution in [-0.2, 0) is 0 Å². The number of hydrogen-bond donors (Lipinski definition) is 2. The van der Waals surface area contributed by atoms with Crippen LogP contribution in [0.3, 0.4) is 0 Å². The number of nitrogens with two attached hydrogens (primary N) is 1. The number of rotatable bonds is 3. The van der Waals surface area contributed by atoms with Crippen LogP contribution in [0.15, 0.2) is 6.07 Å². The van der Waals surface area contributed by atoms with Crippen LogP contribution in [0.2, 0.25) is 0 Å². The monoisotopic (exact) mass is 263 g/mol. The van der Waals surface area contributed by atoms with E-state index in [9.17, 15) is 0 Å². The van der Waals surface area contributed by atoms with Crippen molar-refractivity contribution < 1.29 is 0 Å². The molecule has 0 aromatic carbocycles. The summed E-state index contributed by atoms with van der Waals surface area (Å²) in [6.07, 6.45) is 0. The summed E-state index contributed by atoms with van der Waals surface area (Å²) in [6.45, 7) is 8.03. The molecule has 2 rings (SSSR count). The highest BCUT2D eigenvalue weighted by molar-refractivity contribution is 7.11. The molecular formula is C12H17N5S. The van der Waals surface area contributed by atoms with Crippen molar-refractivity contribution in [3.63, 3.8) is 0 Å².